The van der Waals surface area contributed by atoms with Crippen molar-refractivity contribution in [3.63, 3.8) is 0 Å². The molecule has 2 rings (SSSR count). The predicted octanol–water partition coefficient (Wildman–Crippen LogP) is 1.69. The average molecular weight is 262 g/mol. The van der Waals surface area contributed by atoms with Gasteiger partial charge in [-0.05, 0) is 44.0 Å². The molecule has 1 atom stereocenters. The molecule has 1 unspecified atom stereocenters. The molecule has 1 heterocycles. The number of carbonyl (C=O) groups is 1. The van der Waals surface area contributed by atoms with Crippen molar-refractivity contribution in [2.45, 2.75) is 31.8 Å². The molecule has 1 aliphatic heterocycles. The second-order valence-corrected chi connectivity index (χ2v) is 5.14. The molecule has 0 saturated carbocycles. The topological polar surface area (TPSA) is 55.6 Å². The van der Waals surface area contributed by atoms with E-state index in [0.717, 1.165) is 37.2 Å². The minimum Gasteiger partial charge on any atom is -0.497 e. The third-order valence-corrected chi connectivity index (χ3v) is 3.88. The van der Waals surface area contributed by atoms with E-state index in [1.165, 1.54) is 0 Å². The zero-order valence-electron chi connectivity index (χ0n) is 11.6. The van der Waals surface area contributed by atoms with E-state index in [2.05, 4.69) is 4.90 Å². The third kappa shape index (κ3) is 3.33. The van der Waals surface area contributed by atoms with Crippen LogP contribution in [0.4, 0.5) is 0 Å². The Morgan fingerprint density at radius 2 is 1.89 bits per heavy atom. The largest absolute Gasteiger partial charge is 0.497 e. The summed E-state index contributed by atoms with van der Waals surface area (Å²) in [5.74, 6) is 0.936. The number of methoxy groups -OCH3 is 1. The summed E-state index contributed by atoms with van der Waals surface area (Å²) in [4.78, 5) is 14.6. The first kappa shape index (κ1) is 14.0. The van der Waals surface area contributed by atoms with E-state index >= 15 is 0 Å². The van der Waals surface area contributed by atoms with Crippen LogP contribution in [0.2, 0.25) is 0 Å². The fraction of sp³-hybridized carbons (Fsp3) is 0.533. The van der Waals surface area contributed by atoms with Crippen molar-refractivity contribution in [2.24, 2.45) is 5.73 Å². The zero-order valence-corrected chi connectivity index (χ0v) is 11.6. The van der Waals surface area contributed by atoms with Crippen LogP contribution < -0.4 is 10.5 Å². The molecular formula is C15H22N2O2. The lowest BCUT2D eigenvalue weighted by atomic mass is 9.99. The number of likely N-dealkylation sites (tertiary alicyclic amines) is 1. The van der Waals surface area contributed by atoms with Crippen molar-refractivity contribution >= 4 is 5.78 Å². The van der Waals surface area contributed by atoms with Gasteiger partial charge in [-0.15, -0.1) is 0 Å². The van der Waals surface area contributed by atoms with Gasteiger partial charge in [0.1, 0.15) is 5.75 Å². The molecule has 0 amide bonds. The first-order chi connectivity index (χ1) is 9.11. The lowest BCUT2D eigenvalue weighted by Crippen LogP contribution is -2.46. The summed E-state index contributed by atoms with van der Waals surface area (Å²) in [7, 11) is 1.62. The van der Waals surface area contributed by atoms with E-state index in [1.807, 2.05) is 31.2 Å². The standard InChI is InChI=1S/C15H22N2O2/c1-11(17-9-7-13(16)8-10-17)15(18)12-3-5-14(19-2)6-4-12/h3-6,11,13H,7-10,16H2,1-2H3. The first-order valence-electron chi connectivity index (χ1n) is 6.79. The van der Waals surface area contributed by atoms with E-state index < -0.39 is 0 Å². The zero-order chi connectivity index (χ0) is 13.8. The van der Waals surface area contributed by atoms with Crippen LogP contribution in [0.5, 0.6) is 5.75 Å². The van der Waals surface area contributed by atoms with Crippen molar-refractivity contribution in [1.82, 2.24) is 4.90 Å². The smallest absolute Gasteiger partial charge is 0.179 e. The van der Waals surface area contributed by atoms with Crippen LogP contribution in [0.3, 0.4) is 0 Å². The number of nitrogens with zero attached hydrogens (tertiary/aromatic N) is 1. The van der Waals surface area contributed by atoms with Crippen LogP contribution in [0.25, 0.3) is 0 Å². The SMILES string of the molecule is COc1ccc(C(=O)C(C)N2CCC(N)CC2)cc1. The minimum atomic E-state index is -0.0825. The molecule has 19 heavy (non-hydrogen) atoms. The number of hydrogen-bond donors (Lipinski definition) is 1. The molecule has 1 aromatic carbocycles. The summed E-state index contributed by atoms with van der Waals surface area (Å²) >= 11 is 0. The maximum Gasteiger partial charge on any atom is 0.179 e. The van der Waals surface area contributed by atoms with Crippen LogP contribution in [-0.4, -0.2) is 43.0 Å². The highest BCUT2D eigenvalue weighted by Crippen LogP contribution is 2.17. The molecule has 1 saturated heterocycles. The molecule has 0 aliphatic carbocycles. The molecule has 0 aromatic heterocycles. The van der Waals surface area contributed by atoms with Gasteiger partial charge >= 0.3 is 0 Å². The molecule has 4 heteroatoms. The fourth-order valence-corrected chi connectivity index (χ4v) is 2.47. The molecule has 4 nitrogen and oxygen atoms in total. The van der Waals surface area contributed by atoms with E-state index in [1.54, 1.807) is 7.11 Å². The van der Waals surface area contributed by atoms with Gasteiger partial charge in [0.25, 0.3) is 0 Å². The van der Waals surface area contributed by atoms with Crippen LogP contribution in [-0.2, 0) is 0 Å². The molecule has 0 spiro atoms. The number of hydrogen-bond acceptors (Lipinski definition) is 4. The highest BCUT2D eigenvalue weighted by atomic mass is 16.5. The van der Waals surface area contributed by atoms with Gasteiger partial charge in [-0.3, -0.25) is 9.69 Å². The van der Waals surface area contributed by atoms with E-state index in [4.69, 9.17) is 10.5 Å². The first-order valence-corrected chi connectivity index (χ1v) is 6.79. The fourth-order valence-electron chi connectivity index (χ4n) is 2.47. The highest BCUT2D eigenvalue weighted by Gasteiger charge is 2.25. The molecule has 0 radical (unpaired) electrons. The van der Waals surface area contributed by atoms with Crippen LogP contribution >= 0.6 is 0 Å². The van der Waals surface area contributed by atoms with E-state index in [0.29, 0.717) is 6.04 Å². The van der Waals surface area contributed by atoms with Gasteiger partial charge in [-0.25, -0.2) is 0 Å². The van der Waals surface area contributed by atoms with Gasteiger partial charge in [0, 0.05) is 24.7 Å². The number of ketones is 1. The number of carbonyl (C=O) groups excluding carboxylic acids is 1. The Balaban J connectivity index is 2.01. The second-order valence-electron chi connectivity index (χ2n) is 5.14. The van der Waals surface area contributed by atoms with Crippen LogP contribution in [0.15, 0.2) is 24.3 Å². The Labute approximate surface area is 114 Å². The van der Waals surface area contributed by atoms with Gasteiger partial charge in [0.2, 0.25) is 0 Å². The second kappa shape index (κ2) is 6.17. The minimum absolute atomic E-state index is 0.0825. The number of benzene rings is 1. The molecule has 1 aliphatic rings. The van der Waals surface area contributed by atoms with Crippen molar-refractivity contribution < 1.29 is 9.53 Å². The van der Waals surface area contributed by atoms with Gasteiger partial charge < -0.3 is 10.5 Å². The molecule has 0 bridgehead atoms. The van der Waals surface area contributed by atoms with Crippen molar-refractivity contribution in [1.29, 1.82) is 0 Å². The molecular weight excluding hydrogens is 240 g/mol. The monoisotopic (exact) mass is 262 g/mol. The van der Waals surface area contributed by atoms with Crippen LogP contribution in [0.1, 0.15) is 30.1 Å². The van der Waals surface area contributed by atoms with Crippen molar-refractivity contribution in [3.8, 4) is 5.75 Å². The Morgan fingerprint density at radius 3 is 2.42 bits per heavy atom. The number of ether oxygens (including phenoxy) is 1. The van der Waals surface area contributed by atoms with E-state index in [-0.39, 0.29) is 11.8 Å². The van der Waals surface area contributed by atoms with Gasteiger partial charge in [-0.1, -0.05) is 0 Å². The van der Waals surface area contributed by atoms with Crippen molar-refractivity contribution in [2.75, 3.05) is 20.2 Å². The quantitative estimate of drug-likeness (QED) is 0.839. The Morgan fingerprint density at radius 1 is 1.32 bits per heavy atom. The lowest BCUT2D eigenvalue weighted by Gasteiger charge is -2.34. The summed E-state index contributed by atoms with van der Waals surface area (Å²) in [5, 5.41) is 0. The van der Waals surface area contributed by atoms with Gasteiger partial charge in [0.05, 0.1) is 13.2 Å². The Bertz CT molecular complexity index is 422. The molecule has 1 aromatic rings. The van der Waals surface area contributed by atoms with Crippen molar-refractivity contribution in [3.05, 3.63) is 29.8 Å². The van der Waals surface area contributed by atoms with Crippen LogP contribution in [0, 0.1) is 0 Å². The summed E-state index contributed by atoms with van der Waals surface area (Å²) in [6, 6.07) is 7.51. The van der Waals surface area contributed by atoms with Gasteiger partial charge in [0.15, 0.2) is 5.78 Å². The molecule has 2 N–H and O–H groups in total. The maximum absolute atomic E-state index is 12.4. The van der Waals surface area contributed by atoms with Gasteiger partial charge in [-0.2, -0.15) is 0 Å². The third-order valence-electron chi connectivity index (χ3n) is 3.88. The Hall–Kier alpha value is -1.39. The number of nitrogens with two attached hydrogens (primary N) is 1. The lowest BCUT2D eigenvalue weighted by molar-refractivity contribution is 0.0798. The summed E-state index contributed by atoms with van der Waals surface area (Å²) in [6.45, 7) is 3.79. The number of rotatable bonds is 4. The summed E-state index contributed by atoms with van der Waals surface area (Å²) in [6.07, 6.45) is 1.94. The number of Topliss-reactive ketones (excluding diaryl/α,β-unsaturated/α-hetero) is 1. The Kier molecular flexibility index (Phi) is 4.56. The highest BCUT2D eigenvalue weighted by molar-refractivity contribution is 5.99. The predicted molar refractivity (Wildman–Crippen MR) is 75.6 cm³/mol. The number of piperidine rings is 1. The average Bonchev–Trinajstić information content (AvgIpc) is 2.46. The van der Waals surface area contributed by atoms with E-state index in [9.17, 15) is 4.79 Å². The normalized spacial score (nSPS) is 19.1. The summed E-state index contributed by atoms with van der Waals surface area (Å²) < 4.78 is 5.10. The molecule has 1 fully saturated rings. The molecule has 104 valence electrons. The summed E-state index contributed by atoms with van der Waals surface area (Å²) in [5.41, 5.74) is 6.63. The maximum atomic E-state index is 12.4.